The average Bonchev–Trinajstić information content (AvgIpc) is 3.54. The number of fused-ring (bicyclic) bond motifs is 2. The number of alkyl halides is 2. The number of aromatic amines is 1. The number of aliphatic hydroxyl groups excluding tert-OH is 1. The predicted octanol–water partition coefficient (Wildman–Crippen LogP) is 5.53. The summed E-state index contributed by atoms with van der Waals surface area (Å²) in [5, 5.41) is 14.7. The van der Waals surface area contributed by atoms with Crippen molar-refractivity contribution in [1.82, 2.24) is 19.7 Å². The zero-order valence-electron chi connectivity index (χ0n) is 18.4. The van der Waals surface area contributed by atoms with E-state index < -0.39 is 6.29 Å². The Morgan fingerprint density at radius 1 is 1.03 bits per heavy atom. The highest BCUT2D eigenvalue weighted by Crippen LogP contribution is 2.44. The zero-order chi connectivity index (χ0) is 23.3. The lowest BCUT2D eigenvalue weighted by Crippen LogP contribution is -2.25. The van der Waals surface area contributed by atoms with E-state index >= 15 is 0 Å². The number of aliphatic hydroxyl groups is 1. The number of hydrogen-bond acceptors (Lipinski definition) is 5. The molecule has 6 rings (SSSR count). The number of aromatic nitrogens is 4. The lowest BCUT2D eigenvalue weighted by Gasteiger charge is -2.28. The average molecular weight is 466 g/mol. The highest BCUT2D eigenvalue weighted by molar-refractivity contribution is 5.96. The maximum Gasteiger partial charge on any atom is 0.586 e. The van der Waals surface area contributed by atoms with Crippen LogP contribution >= 0.6 is 0 Å². The maximum atomic E-state index is 13.4. The molecule has 0 atom stereocenters. The van der Waals surface area contributed by atoms with Gasteiger partial charge in [-0.05, 0) is 61.8 Å². The van der Waals surface area contributed by atoms with Crippen molar-refractivity contribution in [2.45, 2.75) is 44.4 Å². The quantitative estimate of drug-likeness (QED) is 0.404. The predicted molar refractivity (Wildman–Crippen MR) is 122 cm³/mol. The molecule has 0 amide bonds. The molecule has 9 heteroatoms. The first-order valence-corrected chi connectivity index (χ1v) is 11.5. The molecule has 2 aliphatic rings. The van der Waals surface area contributed by atoms with Gasteiger partial charge >= 0.3 is 6.29 Å². The highest BCUT2D eigenvalue weighted by Gasteiger charge is 2.43. The summed E-state index contributed by atoms with van der Waals surface area (Å²) in [6.07, 6.45) is 9.13. The number of ether oxygens (including phenoxy) is 2. The van der Waals surface area contributed by atoms with Crippen LogP contribution in [0.15, 0.2) is 49.1 Å². The summed E-state index contributed by atoms with van der Waals surface area (Å²) in [6, 6.07) is 7.17. The molecule has 7 nitrogen and oxygen atoms in total. The van der Waals surface area contributed by atoms with Crippen LogP contribution in [0.1, 0.15) is 38.1 Å². The van der Waals surface area contributed by atoms with Crippen molar-refractivity contribution in [2.75, 3.05) is 6.61 Å². The minimum absolute atomic E-state index is 0.0101. The Morgan fingerprint density at radius 2 is 1.85 bits per heavy atom. The molecule has 2 N–H and O–H groups in total. The minimum atomic E-state index is -3.64. The van der Waals surface area contributed by atoms with Gasteiger partial charge in [0.25, 0.3) is 0 Å². The van der Waals surface area contributed by atoms with Crippen LogP contribution in [-0.4, -0.2) is 37.8 Å². The fourth-order valence-electron chi connectivity index (χ4n) is 5.08. The van der Waals surface area contributed by atoms with Gasteiger partial charge in [0.15, 0.2) is 11.5 Å². The van der Waals surface area contributed by atoms with Crippen LogP contribution in [0, 0.1) is 5.92 Å². The van der Waals surface area contributed by atoms with E-state index in [0.717, 1.165) is 59.7 Å². The summed E-state index contributed by atoms with van der Waals surface area (Å²) in [6.45, 7) is 0.261. The molecular formula is C25H24F2N4O3. The Bertz CT molecular complexity index is 1340. The van der Waals surface area contributed by atoms with Crippen LogP contribution in [0.4, 0.5) is 8.78 Å². The third-order valence-corrected chi connectivity index (χ3v) is 6.91. The first kappa shape index (κ1) is 21.1. The van der Waals surface area contributed by atoms with Gasteiger partial charge in [0.2, 0.25) is 0 Å². The van der Waals surface area contributed by atoms with Crippen molar-refractivity contribution < 1.29 is 23.4 Å². The maximum absolute atomic E-state index is 13.4. The van der Waals surface area contributed by atoms with Gasteiger partial charge in [-0.2, -0.15) is 5.10 Å². The van der Waals surface area contributed by atoms with E-state index in [9.17, 15) is 13.9 Å². The van der Waals surface area contributed by atoms with Crippen LogP contribution in [0.3, 0.4) is 0 Å². The number of H-pyrrole nitrogens is 1. The SMILES string of the molecule is OCCC1CCC(n2cc(-c3cnc4[nH]cc(-c5ccc6c(c5)OC(F)(F)O6)c4c3)cn2)CC1. The standard InChI is InChI=1S/C25H24F2N4O3/c26-25(27)33-22-6-3-16(10-23(22)34-25)21-13-29-24-20(21)9-17(11-28-24)18-12-30-31(14-18)19-4-1-15(2-5-19)7-8-32/h3,6,9-15,19,32H,1-2,4-5,7-8H2,(H,28,29). The molecule has 1 aliphatic carbocycles. The summed E-state index contributed by atoms with van der Waals surface area (Å²) in [4.78, 5) is 7.71. The largest absolute Gasteiger partial charge is 0.586 e. The van der Waals surface area contributed by atoms with E-state index in [-0.39, 0.29) is 18.1 Å². The molecule has 34 heavy (non-hydrogen) atoms. The molecule has 1 aliphatic heterocycles. The third-order valence-electron chi connectivity index (χ3n) is 6.91. The Hall–Kier alpha value is -3.46. The molecule has 1 aromatic carbocycles. The molecule has 4 aromatic rings. The lowest BCUT2D eigenvalue weighted by molar-refractivity contribution is -0.286. The smallest absolute Gasteiger partial charge is 0.396 e. The van der Waals surface area contributed by atoms with Crippen LogP contribution in [0.25, 0.3) is 33.3 Å². The van der Waals surface area contributed by atoms with Gasteiger partial charge in [0.1, 0.15) is 5.65 Å². The molecule has 0 saturated heterocycles. The Balaban J connectivity index is 1.27. The molecule has 176 valence electrons. The second-order valence-electron chi connectivity index (χ2n) is 9.05. The van der Waals surface area contributed by atoms with Gasteiger partial charge in [-0.1, -0.05) is 6.07 Å². The Labute approximate surface area is 194 Å². The number of hydrogen-bond donors (Lipinski definition) is 2. The Kier molecular flexibility index (Phi) is 5.02. The van der Waals surface area contributed by atoms with E-state index in [2.05, 4.69) is 30.7 Å². The van der Waals surface area contributed by atoms with Crippen molar-refractivity contribution in [3.05, 3.63) is 49.1 Å². The third kappa shape index (κ3) is 3.79. The molecule has 4 heterocycles. The van der Waals surface area contributed by atoms with Gasteiger partial charge < -0.3 is 19.6 Å². The van der Waals surface area contributed by atoms with Crippen LogP contribution in [0.2, 0.25) is 0 Å². The van der Waals surface area contributed by atoms with Crippen molar-refractivity contribution in [1.29, 1.82) is 0 Å². The van der Waals surface area contributed by atoms with Crippen LogP contribution in [-0.2, 0) is 0 Å². The van der Waals surface area contributed by atoms with Crippen molar-refractivity contribution >= 4 is 11.0 Å². The second-order valence-corrected chi connectivity index (χ2v) is 9.05. The first-order valence-electron chi connectivity index (χ1n) is 11.5. The van der Waals surface area contributed by atoms with E-state index in [4.69, 9.17) is 0 Å². The topological polar surface area (TPSA) is 85.2 Å². The molecule has 3 aromatic heterocycles. The normalized spacial score (nSPS) is 21.3. The molecule has 0 unspecified atom stereocenters. The van der Waals surface area contributed by atoms with E-state index in [1.807, 2.05) is 29.3 Å². The Morgan fingerprint density at radius 3 is 2.68 bits per heavy atom. The number of pyridine rings is 1. The number of rotatable bonds is 5. The number of benzene rings is 1. The molecule has 0 radical (unpaired) electrons. The van der Waals surface area contributed by atoms with Crippen molar-refractivity contribution in [3.8, 4) is 33.8 Å². The van der Waals surface area contributed by atoms with Crippen molar-refractivity contribution in [3.63, 3.8) is 0 Å². The molecule has 0 spiro atoms. The summed E-state index contributed by atoms with van der Waals surface area (Å²) >= 11 is 0. The zero-order valence-corrected chi connectivity index (χ0v) is 18.4. The molecule has 0 bridgehead atoms. The first-order chi connectivity index (χ1) is 16.5. The lowest BCUT2D eigenvalue weighted by atomic mass is 9.84. The van der Waals surface area contributed by atoms with Crippen LogP contribution < -0.4 is 9.47 Å². The molecule has 1 saturated carbocycles. The fourth-order valence-corrected chi connectivity index (χ4v) is 5.08. The van der Waals surface area contributed by atoms with Crippen molar-refractivity contribution in [2.24, 2.45) is 5.92 Å². The van der Waals surface area contributed by atoms with Gasteiger partial charge in [0, 0.05) is 47.3 Å². The number of nitrogens with one attached hydrogen (secondary N) is 1. The summed E-state index contributed by atoms with van der Waals surface area (Å²) in [5.74, 6) is 0.637. The molecular weight excluding hydrogens is 442 g/mol. The number of nitrogens with zero attached hydrogens (tertiary/aromatic N) is 3. The van der Waals surface area contributed by atoms with Crippen LogP contribution in [0.5, 0.6) is 11.5 Å². The van der Waals surface area contributed by atoms with Gasteiger partial charge in [-0.25, -0.2) is 4.98 Å². The highest BCUT2D eigenvalue weighted by atomic mass is 19.3. The van der Waals surface area contributed by atoms with Gasteiger partial charge in [-0.15, -0.1) is 8.78 Å². The fraction of sp³-hybridized carbons (Fsp3) is 0.360. The van der Waals surface area contributed by atoms with Gasteiger partial charge in [-0.3, -0.25) is 4.68 Å². The van der Waals surface area contributed by atoms with E-state index in [0.29, 0.717) is 17.6 Å². The summed E-state index contributed by atoms with van der Waals surface area (Å²) in [7, 11) is 0. The minimum Gasteiger partial charge on any atom is -0.396 e. The molecule has 1 fully saturated rings. The van der Waals surface area contributed by atoms with E-state index in [1.54, 1.807) is 12.1 Å². The summed E-state index contributed by atoms with van der Waals surface area (Å²) < 4.78 is 38.0. The monoisotopic (exact) mass is 466 g/mol. The second kappa shape index (κ2) is 8.09. The van der Waals surface area contributed by atoms with E-state index in [1.165, 1.54) is 6.07 Å². The number of halogens is 2. The summed E-state index contributed by atoms with van der Waals surface area (Å²) in [5.41, 5.74) is 4.17. The van der Waals surface area contributed by atoms with Gasteiger partial charge in [0.05, 0.1) is 12.2 Å².